The van der Waals surface area contributed by atoms with Crippen LogP contribution >= 0.6 is 0 Å². The largest absolute Gasteiger partial charge is 0.481 e. The van der Waals surface area contributed by atoms with Gasteiger partial charge in [0.05, 0.1) is 12.5 Å². The highest BCUT2D eigenvalue weighted by molar-refractivity contribution is 5.86. The van der Waals surface area contributed by atoms with Crippen molar-refractivity contribution in [3.05, 3.63) is 0 Å². The van der Waals surface area contributed by atoms with Gasteiger partial charge in [0.2, 0.25) is 17.7 Å². The molecule has 0 atom stereocenters. The van der Waals surface area contributed by atoms with Crippen molar-refractivity contribution in [2.24, 2.45) is 11.8 Å². The molecule has 2 fully saturated rings. The molecule has 1 heterocycles. The number of alkyl halides is 2. The molecule has 0 aromatic rings. The Bertz CT molecular complexity index is 494. The van der Waals surface area contributed by atoms with E-state index in [4.69, 9.17) is 5.11 Å². The molecule has 0 aromatic carbocycles. The Morgan fingerprint density at radius 2 is 1.62 bits per heavy atom. The molecule has 1 saturated heterocycles. The molecule has 2 aliphatic rings. The summed E-state index contributed by atoms with van der Waals surface area (Å²) in [6, 6.07) is 0. The minimum Gasteiger partial charge on any atom is -0.481 e. The van der Waals surface area contributed by atoms with Gasteiger partial charge in [-0.3, -0.25) is 14.4 Å². The number of nitrogens with zero attached hydrogens (tertiary/aromatic N) is 2. The van der Waals surface area contributed by atoms with Gasteiger partial charge in [-0.15, -0.1) is 0 Å². The fourth-order valence-corrected chi connectivity index (χ4v) is 3.36. The van der Waals surface area contributed by atoms with Crippen LogP contribution in [-0.2, 0) is 14.4 Å². The molecule has 0 unspecified atom stereocenters. The molecule has 24 heavy (non-hydrogen) atoms. The second-order valence-electron chi connectivity index (χ2n) is 6.82. The first-order valence-corrected chi connectivity index (χ1v) is 8.33. The zero-order valence-corrected chi connectivity index (χ0v) is 13.8. The third-order valence-electron chi connectivity index (χ3n) is 5.01. The summed E-state index contributed by atoms with van der Waals surface area (Å²) in [6.07, 6.45) is 0.553. The van der Waals surface area contributed by atoms with Crippen molar-refractivity contribution in [1.29, 1.82) is 0 Å². The molecule has 0 spiro atoms. The second kappa shape index (κ2) is 7.44. The van der Waals surface area contributed by atoms with Crippen LogP contribution in [-0.4, -0.2) is 65.3 Å². The van der Waals surface area contributed by atoms with Gasteiger partial charge in [-0.2, -0.15) is 0 Å². The maximum Gasteiger partial charge on any atom is 0.306 e. The van der Waals surface area contributed by atoms with E-state index in [1.54, 1.807) is 4.90 Å². The Morgan fingerprint density at radius 3 is 2.12 bits per heavy atom. The van der Waals surface area contributed by atoms with E-state index in [0.29, 0.717) is 25.9 Å². The zero-order chi connectivity index (χ0) is 17.9. The first-order valence-electron chi connectivity index (χ1n) is 8.33. The van der Waals surface area contributed by atoms with E-state index < -0.39 is 23.7 Å². The monoisotopic (exact) mass is 346 g/mol. The second-order valence-corrected chi connectivity index (χ2v) is 6.82. The van der Waals surface area contributed by atoms with Gasteiger partial charge in [0.15, 0.2) is 0 Å². The van der Waals surface area contributed by atoms with E-state index in [-0.39, 0.29) is 44.0 Å². The molecule has 2 rings (SSSR count). The molecule has 8 heteroatoms. The number of rotatable bonds is 4. The normalized spacial score (nSPS) is 22.2. The highest BCUT2D eigenvalue weighted by atomic mass is 19.3. The smallest absolute Gasteiger partial charge is 0.306 e. The van der Waals surface area contributed by atoms with E-state index in [1.165, 1.54) is 11.9 Å². The van der Waals surface area contributed by atoms with Gasteiger partial charge in [0, 0.05) is 38.9 Å². The topological polar surface area (TPSA) is 77.9 Å². The fraction of sp³-hybridized carbons (Fsp3) is 0.812. The average molecular weight is 346 g/mol. The van der Waals surface area contributed by atoms with Crippen LogP contribution in [0.25, 0.3) is 0 Å². The number of aliphatic carboxylic acids is 1. The van der Waals surface area contributed by atoms with E-state index in [0.717, 1.165) is 0 Å². The van der Waals surface area contributed by atoms with Crippen LogP contribution in [0.4, 0.5) is 8.78 Å². The van der Waals surface area contributed by atoms with Crippen molar-refractivity contribution in [2.75, 3.05) is 26.7 Å². The number of carboxylic acid groups (broad SMARTS) is 1. The lowest BCUT2D eigenvalue weighted by molar-refractivity contribution is -0.147. The van der Waals surface area contributed by atoms with Crippen LogP contribution < -0.4 is 0 Å². The number of likely N-dealkylation sites (tertiary alicyclic amines) is 1. The fourth-order valence-electron chi connectivity index (χ4n) is 3.36. The van der Waals surface area contributed by atoms with Crippen LogP contribution in [0.2, 0.25) is 0 Å². The van der Waals surface area contributed by atoms with Crippen LogP contribution in [0.1, 0.15) is 38.5 Å². The summed E-state index contributed by atoms with van der Waals surface area (Å²) in [5.41, 5.74) is 0. The number of carbonyl (C=O) groups is 3. The molecule has 1 aliphatic heterocycles. The standard InChI is InChI=1S/C16H24F2N2O4/c1-19(14(22)11-2-6-16(17,18)7-3-11)10-13(21)20-8-4-12(5-9-20)15(23)24/h11-12H,2-10H2,1H3,(H,23,24). The van der Waals surface area contributed by atoms with Gasteiger partial charge in [0.25, 0.3) is 0 Å². The van der Waals surface area contributed by atoms with Gasteiger partial charge < -0.3 is 14.9 Å². The van der Waals surface area contributed by atoms with E-state index in [9.17, 15) is 23.2 Å². The molecule has 0 radical (unpaired) electrons. The summed E-state index contributed by atoms with van der Waals surface area (Å²) in [5.74, 6) is -4.88. The Labute approximate surface area is 139 Å². The zero-order valence-electron chi connectivity index (χ0n) is 13.8. The van der Waals surface area contributed by atoms with Gasteiger partial charge in [-0.25, -0.2) is 8.78 Å². The predicted octanol–water partition coefficient (Wildman–Crippen LogP) is 1.59. The lowest BCUT2D eigenvalue weighted by Gasteiger charge is -2.33. The van der Waals surface area contributed by atoms with Crippen LogP contribution in [0.3, 0.4) is 0 Å². The van der Waals surface area contributed by atoms with Gasteiger partial charge >= 0.3 is 5.97 Å². The lowest BCUT2D eigenvalue weighted by atomic mass is 9.86. The minimum absolute atomic E-state index is 0.0938. The quantitative estimate of drug-likeness (QED) is 0.839. The number of likely N-dealkylation sites (N-methyl/N-ethyl adjacent to an activating group) is 1. The van der Waals surface area contributed by atoms with Crippen molar-refractivity contribution in [1.82, 2.24) is 9.80 Å². The van der Waals surface area contributed by atoms with E-state index in [1.807, 2.05) is 0 Å². The van der Waals surface area contributed by atoms with Crippen molar-refractivity contribution < 1.29 is 28.3 Å². The van der Waals surface area contributed by atoms with Crippen molar-refractivity contribution >= 4 is 17.8 Å². The molecule has 0 bridgehead atoms. The molecule has 0 aromatic heterocycles. The van der Waals surface area contributed by atoms with Crippen molar-refractivity contribution in [2.45, 2.75) is 44.4 Å². The van der Waals surface area contributed by atoms with Crippen LogP contribution in [0.15, 0.2) is 0 Å². The maximum atomic E-state index is 13.2. The van der Waals surface area contributed by atoms with Crippen LogP contribution in [0, 0.1) is 11.8 Å². The van der Waals surface area contributed by atoms with Gasteiger partial charge in [-0.05, 0) is 25.7 Å². The molecule has 1 saturated carbocycles. The third-order valence-corrected chi connectivity index (χ3v) is 5.01. The predicted molar refractivity (Wildman–Crippen MR) is 81.5 cm³/mol. The molecule has 136 valence electrons. The van der Waals surface area contributed by atoms with E-state index >= 15 is 0 Å². The Kier molecular flexibility index (Phi) is 5.77. The average Bonchev–Trinajstić information content (AvgIpc) is 2.54. The first-order chi connectivity index (χ1) is 11.2. The number of hydrogen-bond acceptors (Lipinski definition) is 3. The molecule has 2 amide bonds. The summed E-state index contributed by atoms with van der Waals surface area (Å²) in [6.45, 7) is 0.643. The maximum absolute atomic E-state index is 13.2. The SMILES string of the molecule is CN(CC(=O)N1CCC(C(=O)O)CC1)C(=O)C1CCC(F)(F)CC1. The molecule has 6 nitrogen and oxygen atoms in total. The minimum atomic E-state index is -2.68. The number of halogens is 2. The molecular weight excluding hydrogens is 322 g/mol. The van der Waals surface area contributed by atoms with Crippen molar-refractivity contribution in [3.8, 4) is 0 Å². The number of carbonyl (C=O) groups excluding carboxylic acids is 2. The summed E-state index contributed by atoms with van der Waals surface area (Å²) in [5, 5.41) is 8.95. The summed E-state index contributed by atoms with van der Waals surface area (Å²) < 4.78 is 26.3. The highest BCUT2D eigenvalue weighted by Gasteiger charge is 2.38. The molecule has 1 N–H and O–H groups in total. The highest BCUT2D eigenvalue weighted by Crippen LogP contribution is 2.36. The Morgan fingerprint density at radius 1 is 1.08 bits per heavy atom. The lowest BCUT2D eigenvalue weighted by Crippen LogP contribution is -2.47. The first kappa shape index (κ1) is 18.6. The third kappa shape index (κ3) is 4.64. The summed E-state index contributed by atoms with van der Waals surface area (Å²) >= 11 is 0. The number of carboxylic acids is 1. The Balaban J connectivity index is 1.79. The number of amides is 2. The Hall–Kier alpha value is -1.73. The van der Waals surface area contributed by atoms with E-state index in [2.05, 4.69) is 0 Å². The number of piperidine rings is 1. The van der Waals surface area contributed by atoms with Crippen LogP contribution in [0.5, 0.6) is 0 Å². The number of hydrogen-bond donors (Lipinski definition) is 1. The molecular formula is C16H24F2N2O4. The summed E-state index contributed by atoms with van der Waals surface area (Å²) in [4.78, 5) is 38.3. The molecule has 1 aliphatic carbocycles. The summed E-state index contributed by atoms with van der Waals surface area (Å²) in [7, 11) is 1.51. The van der Waals surface area contributed by atoms with Crippen molar-refractivity contribution in [3.63, 3.8) is 0 Å². The van der Waals surface area contributed by atoms with Gasteiger partial charge in [0.1, 0.15) is 0 Å². The van der Waals surface area contributed by atoms with Gasteiger partial charge in [-0.1, -0.05) is 0 Å².